The van der Waals surface area contributed by atoms with Gasteiger partial charge < -0.3 is 10.1 Å². The normalized spacial score (nSPS) is 26.0. The van der Waals surface area contributed by atoms with Crippen molar-refractivity contribution >= 4 is 27.1 Å². The zero-order valence-electron chi connectivity index (χ0n) is 12.9. The maximum absolute atomic E-state index is 12.3. The number of sulfone groups is 1. The summed E-state index contributed by atoms with van der Waals surface area (Å²) in [5, 5.41) is 5.00. The molecule has 3 heterocycles. The summed E-state index contributed by atoms with van der Waals surface area (Å²) >= 11 is 1.68. The van der Waals surface area contributed by atoms with Crippen LogP contribution in [0.2, 0.25) is 0 Å². The van der Waals surface area contributed by atoms with Crippen LogP contribution < -0.4 is 5.32 Å². The van der Waals surface area contributed by atoms with Crippen molar-refractivity contribution in [2.75, 3.05) is 44.4 Å². The predicted octanol–water partition coefficient (Wildman–Crippen LogP) is 0.672. The van der Waals surface area contributed by atoms with Crippen LogP contribution in [0.3, 0.4) is 0 Å². The SMILES string of the molecule is O=C(NC[C@@H](c1cccs1)N1CCOCC1)[C@@H]1CCS(=O)(=O)C1. The summed E-state index contributed by atoms with van der Waals surface area (Å²) in [5.41, 5.74) is 0. The zero-order valence-corrected chi connectivity index (χ0v) is 14.6. The van der Waals surface area contributed by atoms with Gasteiger partial charge in [-0.25, -0.2) is 8.42 Å². The number of rotatable bonds is 5. The Kier molecular flexibility index (Phi) is 5.35. The second-order valence-electron chi connectivity index (χ2n) is 6.02. The van der Waals surface area contributed by atoms with E-state index in [4.69, 9.17) is 4.74 Å². The highest BCUT2D eigenvalue weighted by Gasteiger charge is 2.33. The first-order chi connectivity index (χ1) is 11.1. The summed E-state index contributed by atoms with van der Waals surface area (Å²) in [4.78, 5) is 15.8. The number of morpholine rings is 1. The molecule has 23 heavy (non-hydrogen) atoms. The van der Waals surface area contributed by atoms with Crippen molar-refractivity contribution in [3.05, 3.63) is 22.4 Å². The molecule has 0 bridgehead atoms. The molecule has 3 rings (SSSR count). The van der Waals surface area contributed by atoms with Gasteiger partial charge in [-0.2, -0.15) is 0 Å². The summed E-state index contributed by atoms with van der Waals surface area (Å²) in [7, 11) is -3.03. The first-order valence-electron chi connectivity index (χ1n) is 7.88. The molecule has 2 saturated heterocycles. The molecule has 2 aliphatic heterocycles. The van der Waals surface area contributed by atoms with E-state index in [1.807, 2.05) is 11.4 Å². The molecule has 2 fully saturated rings. The Labute approximate surface area is 140 Å². The minimum atomic E-state index is -3.03. The molecule has 0 aliphatic carbocycles. The maximum atomic E-state index is 12.3. The molecular formula is C15H22N2O4S2. The highest BCUT2D eigenvalue weighted by Crippen LogP contribution is 2.26. The Balaban J connectivity index is 1.61. The van der Waals surface area contributed by atoms with Crippen LogP contribution in [-0.2, 0) is 19.4 Å². The van der Waals surface area contributed by atoms with Gasteiger partial charge in [-0.15, -0.1) is 11.3 Å². The third kappa shape index (κ3) is 4.32. The lowest BCUT2D eigenvalue weighted by molar-refractivity contribution is -0.124. The van der Waals surface area contributed by atoms with Crippen molar-refractivity contribution in [3.8, 4) is 0 Å². The standard InChI is InChI=1S/C15H22N2O4S2/c18-15(12-3-9-23(19,20)11-12)16-10-13(14-2-1-8-22-14)17-4-6-21-7-5-17/h1-2,8,12-13H,3-7,9-11H2,(H,16,18)/t12-,13+/m1/s1. The van der Waals surface area contributed by atoms with Crippen LogP contribution in [0.15, 0.2) is 17.5 Å². The van der Waals surface area contributed by atoms with Crippen LogP contribution in [-0.4, -0.2) is 63.6 Å². The molecule has 2 aliphatic rings. The first-order valence-corrected chi connectivity index (χ1v) is 10.6. The number of carbonyl (C=O) groups excluding carboxylic acids is 1. The number of nitrogens with one attached hydrogen (secondary N) is 1. The summed E-state index contributed by atoms with van der Waals surface area (Å²) in [6, 6.07) is 4.22. The van der Waals surface area contributed by atoms with Crippen LogP contribution in [0.25, 0.3) is 0 Å². The number of carbonyl (C=O) groups is 1. The van der Waals surface area contributed by atoms with E-state index in [0.29, 0.717) is 26.2 Å². The minimum Gasteiger partial charge on any atom is -0.379 e. The average Bonchev–Trinajstić information content (AvgIpc) is 3.18. The van der Waals surface area contributed by atoms with Gasteiger partial charge in [-0.3, -0.25) is 9.69 Å². The van der Waals surface area contributed by atoms with Gasteiger partial charge in [0, 0.05) is 24.5 Å². The highest BCUT2D eigenvalue weighted by atomic mass is 32.2. The van der Waals surface area contributed by atoms with Crippen LogP contribution in [0.4, 0.5) is 0 Å². The van der Waals surface area contributed by atoms with E-state index in [-0.39, 0.29) is 23.5 Å². The predicted molar refractivity (Wildman–Crippen MR) is 89.2 cm³/mol. The molecule has 0 radical (unpaired) electrons. The molecule has 0 aromatic carbocycles. The van der Waals surface area contributed by atoms with Gasteiger partial charge in [0.1, 0.15) is 0 Å². The fourth-order valence-corrected chi connectivity index (χ4v) is 5.73. The quantitative estimate of drug-likeness (QED) is 0.837. The Hall–Kier alpha value is -0.960. The first kappa shape index (κ1) is 16.9. The molecule has 6 nitrogen and oxygen atoms in total. The van der Waals surface area contributed by atoms with Crippen molar-refractivity contribution in [1.29, 1.82) is 0 Å². The van der Waals surface area contributed by atoms with E-state index in [0.717, 1.165) is 13.1 Å². The van der Waals surface area contributed by atoms with E-state index < -0.39 is 15.8 Å². The summed E-state index contributed by atoms with van der Waals surface area (Å²) < 4.78 is 28.4. The van der Waals surface area contributed by atoms with Crippen LogP contribution in [0.1, 0.15) is 17.3 Å². The van der Waals surface area contributed by atoms with E-state index in [1.165, 1.54) is 4.88 Å². The van der Waals surface area contributed by atoms with E-state index in [2.05, 4.69) is 16.3 Å². The average molecular weight is 358 g/mol. The Bertz CT molecular complexity index is 624. The summed E-state index contributed by atoms with van der Waals surface area (Å²) in [6.07, 6.45) is 0.440. The molecule has 8 heteroatoms. The summed E-state index contributed by atoms with van der Waals surface area (Å²) in [5.74, 6) is -0.419. The van der Waals surface area contributed by atoms with Crippen molar-refractivity contribution in [2.45, 2.75) is 12.5 Å². The molecule has 1 N–H and O–H groups in total. The van der Waals surface area contributed by atoms with Crippen molar-refractivity contribution < 1.29 is 17.9 Å². The third-order valence-corrected chi connectivity index (χ3v) is 7.17. The molecule has 0 saturated carbocycles. The van der Waals surface area contributed by atoms with Gasteiger partial charge in [-0.1, -0.05) is 6.07 Å². The van der Waals surface area contributed by atoms with Crippen LogP contribution in [0, 0.1) is 5.92 Å². The molecule has 128 valence electrons. The van der Waals surface area contributed by atoms with Gasteiger partial charge in [0.25, 0.3) is 0 Å². The number of amides is 1. The fourth-order valence-electron chi connectivity index (χ4n) is 3.12. The number of nitrogens with zero attached hydrogens (tertiary/aromatic N) is 1. The zero-order chi connectivity index (χ0) is 16.3. The molecule has 1 aromatic rings. The molecule has 2 atom stereocenters. The van der Waals surface area contributed by atoms with Gasteiger partial charge >= 0.3 is 0 Å². The van der Waals surface area contributed by atoms with E-state index in [1.54, 1.807) is 11.3 Å². The van der Waals surface area contributed by atoms with Crippen LogP contribution >= 0.6 is 11.3 Å². The smallest absolute Gasteiger partial charge is 0.224 e. The second kappa shape index (κ2) is 7.29. The van der Waals surface area contributed by atoms with Gasteiger partial charge in [0.2, 0.25) is 5.91 Å². The molecule has 0 unspecified atom stereocenters. The molecule has 1 aromatic heterocycles. The van der Waals surface area contributed by atoms with Gasteiger partial charge in [0.05, 0.1) is 36.7 Å². The number of hydrogen-bond acceptors (Lipinski definition) is 6. The minimum absolute atomic E-state index is 0.0138. The van der Waals surface area contributed by atoms with E-state index >= 15 is 0 Å². The molecular weight excluding hydrogens is 336 g/mol. The van der Waals surface area contributed by atoms with Crippen molar-refractivity contribution in [1.82, 2.24) is 10.2 Å². The Morgan fingerprint density at radius 3 is 2.83 bits per heavy atom. The van der Waals surface area contributed by atoms with Crippen molar-refractivity contribution in [3.63, 3.8) is 0 Å². The van der Waals surface area contributed by atoms with E-state index in [9.17, 15) is 13.2 Å². The molecule has 1 amide bonds. The summed E-state index contributed by atoms with van der Waals surface area (Å²) in [6.45, 7) is 3.61. The topological polar surface area (TPSA) is 75.7 Å². The number of ether oxygens (including phenoxy) is 1. The Morgan fingerprint density at radius 1 is 1.43 bits per heavy atom. The van der Waals surface area contributed by atoms with Gasteiger partial charge in [0.15, 0.2) is 9.84 Å². The molecule has 0 spiro atoms. The lowest BCUT2D eigenvalue weighted by atomic mass is 10.1. The Morgan fingerprint density at radius 2 is 2.22 bits per heavy atom. The van der Waals surface area contributed by atoms with Crippen molar-refractivity contribution in [2.24, 2.45) is 5.92 Å². The fraction of sp³-hybridized carbons (Fsp3) is 0.667. The lowest BCUT2D eigenvalue weighted by Gasteiger charge is -2.34. The maximum Gasteiger partial charge on any atom is 0.224 e. The van der Waals surface area contributed by atoms with Gasteiger partial charge in [-0.05, 0) is 17.9 Å². The third-order valence-electron chi connectivity index (χ3n) is 4.43. The largest absolute Gasteiger partial charge is 0.379 e. The lowest BCUT2D eigenvalue weighted by Crippen LogP contribution is -2.44. The number of hydrogen-bond donors (Lipinski definition) is 1. The monoisotopic (exact) mass is 358 g/mol. The van der Waals surface area contributed by atoms with Crippen LogP contribution in [0.5, 0.6) is 0 Å². The number of thiophene rings is 1. The second-order valence-corrected chi connectivity index (χ2v) is 9.23. The highest BCUT2D eigenvalue weighted by molar-refractivity contribution is 7.91.